The van der Waals surface area contributed by atoms with E-state index in [-0.39, 0.29) is 10.2 Å². The van der Waals surface area contributed by atoms with Crippen LogP contribution in [0.4, 0.5) is 36.4 Å². The highest BCUT2D eigenvalue weighted by Crippen LogP contribution is 2.35. The van der Waals surface area contributed by atoms with Gasteiger partial charge in [0, 0.05) is 5.69 Å². The van der Waals surface area contributed by atoms with Crippen LogP contribution < -0.4 is 5.73 Å². The molecular weight excluding hydrogens is 345 g/mol. The molecule has 4 nitrogen and oxygen atoms in total. The number of rotatable bonds is 4. The van der Waals surface area contributed by atoms with Crippen molar-refractivity contribution in [2.24, 2.45) is 0 Å². The molecule has 132 valence electrons. The van der Waals surface area contributed by atoms with Crippen molar-refractivity contribution >= 4 is 5.69 Å². The van der Waals surface area contributed by atoms with Crippen LogP contribution in [0, 0.1) is 6.92 Å². The molecule has 11 heteroatoms. The molecule has 0 aliphatic carbocycles. The number of hydrogen-bond acceptors (Lipinski definition) is 3. The predicted molar refractivity (Wildman–Crippen MR) is 69.6 cm³/mol. The first-order chi connectivity index (χ1) is 10.9. The van der Waals surface area contributed by atoms with E-state index in [4.69, 9.17) is 5.73 Å². The second kappa shape index (κ2) is 5.95. The van der Waals surface area contributed by atoms with E-state index in [1.807, 2.05) is 0 Å². The van der Waals surface area contributed by atoms with Gasteiger partial charge in [0.1, 0.15) is 0 Å². The quantitative estimate of drug-likeness (QED) is 0.673. The maximum absolute atomic E-state index is 13.2. The van der Waals surface area contributed by atoms with E-state index in [0.29, 0.717) is 11.3 Å². The SMILES string of the molecule is Cc1cc(Cn2nc(C(F)(F)C(F)F)nc2C(F)(F)F)ccc1N. The van der Waals surface area contributed by atoms with Crippen LogP contribution in [0.2, 0.25) is 0 Å². The number of nitrogens with two attached hydrogens (primary N) is 1. The van der Waals surface area contributed by atoms with Gasteiger partial charge in [-0.2, -0.15) is 22.0 Å². The number of halogens is 7. The molecule has 1 aromatic heterocycles. The molecule has 0 radical (unpaired) electrons. The lowest BCUT2D eigenvalue weighted by Gasteiger charge is -2.10. The third-order valence-electron chi connectivity index (χ3n) is 3.16. The maximum atomic E-state index is 13.2. The Morgan fingerprint density at radius 3 is 2.29 bits per heavy atom. The van der Waals surface area contributed by atoms with Crippen LogP contribution >= 0.6 is 0 Å². The highest BCUT2D eigenvalue weighted by atomic mass is 19.4. The maximum Gasteiger partial charge on any atom is 0.451 e. The van der Waals surface area contributed by atoms with Crippen molar-refractivity contribution in [2.75, 3.05) is 5.73 Å². The minimum Gasteiger partial charge on any atom is -0.399 e. The van der Waals surface area contributed by atoms with Crippen LogP contribution in [0.25, 0.3) is 0 Å². The molecule has 2 N–H and O–H groups in total. The zero-order valence-corrected chi connectivity index (χ0v) is 12.1. The Hall–Kier alpha value is -2.33. The Labute approximate surface area is 131 Å². The molecular formula is C13H11F7N4. The molecule has 0 atom stereocenters. The molecule has 0 spiro atoms. The number of nitrogen functional groups attached to an aromatic ring is 1. The highest BCUT2D eigenvalue weighted by molar-refractivity contribution is 5.47. The Kier molecular flexibility index (Phi) is 4.46. The predicted octanol–water partition coefficient (Wildman–Crippen LogP) is 3.59. The van der Waals surface area contributed by atoms with Crippen molar-refractivity contribution < 1.29 is 30.7 Å². The van der Waals surface area contributed by atoms with Crippen molar-refractivity contribution in [3.8, 4) is 0 Å². The van der Waals surface area contributed by atoms with E-state index in [1.54, 1.807) is 6.92 Å². The molecule has 0 unspecified atom stereocenters. The molecule has 0 aliphatic heterocycles. The van der Waals surface area contributed by atoms with Gasteiger partial charge in [0.2, 0.25) is 11.6 Å². The van der Waals surface area contributed by atoms with Crippen LogP contribution in [0.5, 0.6) is 0 Å². The summed E-state index contributed by atoms with van der Waals surface area (Å²) in [6.07, 6.45) is -9.36. The monoisotopic (exact) mass is 356 g/mol. The molecule has 24 heavy (non-hydrogen) atoms. The highest BCUT2D eigenvalue weighted by Gasteiger charge is 2.49. The minimum atomic E-state index is -5.13. The fourth-order valence-corrected chi connectivity index (χ4v) is 1.91. The molecule has 0 fully saturated rings. The number of aryl methyl sites for hydroxylation is 1. The second-order valence-corrected chi connectivity index (χ2v) is 5.03. The van der Waals surface area contributed by atoms with Crippen molar-refractivity contribution in [1.82, 2.24) is 14.8 Å². The van der Waals surface area contributed by atoms with Crippen molar-refractivity contribution in [1.29, 1.82) is 0 Å². The van der Waals surface area contributed by atoms with E-state index in [0.717, 1.165) is 0 Å². The van der Waals surface area contributed by atoms with Crippen LogP contribution in [0.1, 0.15) is 22.8 Å². The lowest BCUT2D eigenvalue weighted by atomic mass is 10.1. The minimum absolute atomic E-state index is 0.122. The third kappa shape index (κ3) is 3.44. The number of anilines is 1. The van der Waals surface area contributed by atoms with E-state index in [2.05, 4.69) is 10.1 Å². The molecule has 0 aliphatic rings. The van der Waals surface area contributed by atoms with E-state index >= 15 is 0 Å². The van der Waals surface area contributed by atoms with Gasteiger partial charge in [0.15, 0.2) is 0 Å². The summed E-state index contributed by atoms with van der Waals surface area (Å²) in [4.78, 5) is 2.58. The average Bonchev–Trinajstić information content (AvgIpc) is 2.87. The van der Waals surface area contributed by atoms with Gasteiger partial charge in [-0.15, -0.1) is 5.10 Å². The third-order valence-corrected chi connectivity index (χ3v) is 3.16. The van der Waals surface area contributed by atoms with E-state index in [1.165, 1.54) is 18.2 Å². The molecule has 1 heterocycles. The van der Waals surface area contributed by atoms with Crippen LogP contribution in [-0.2, 0) is 18.6 Å². The van der Waals surface area contributed by atoms with Gasteiger partial charge in [-0.25, -0.2) is 18.4 Å². The smallest absolute Gasteiger partial charge is 0.399 e. The van der Waals surface area contributed by atoms with Crippen molar-refractivity contribution in [3.05, 3.63) is 41.0 Å². The topological polar surface area (TPSA) is 56.7 Å². The van der Waals surface area contributed by atoms with Crippen LogP contribution in [-0.4, -0.2) is 21.2 Å². The second-order valence-electron chi connectivity index (χ2n) is 5.03. The number of aromatic nitrogens is 3. The standard InChI is InChI=1S/C13H11F7N4/c1-6-4-7(2-3-8(6)21)5-24-11(13(18,19)20)22-10(23-24)12(16,17)9(14)15/h2-4,9H,5,21H2,1H3. The summed E-state index contributed by atoms with van der Waals surface area (Å²) in [5.41, 5.74) is 6.79. The summed E-state index contributed by atoms with van der Waals surface area (Å²) in [6, 6.07) is 4.22. The fourth-order valence-electron chi connectivity index (χ4n) is 1.91. The van der Waals surface area contributed by atoms with Gasteiger partial charge in [-0.1, -0.05) is 12.1 Å². The molecule has 0 saturated heterocycles. The molecule has 0 saturated carbocycles. The fraction of sp³-hybridized carbons (Fsp3) is 0.385. The summed E-state index contributed by atoms with van der Waals surface area (Å²) < 4.78 is 90.0. The van der Waals surface area contributed by atoms with Crippen molar-refractivity contribution in [2.45, 2.75) is 32.0 Å². The summed E-state index contributed by atoms with van der Waals surface area (Å²) in [5.74, 6) is -8.55. The molecule has 1 aromatic carbocycles. The van der Waals surface area contributed by atoms with Gasteiger partial charge in [-0.05, 0) is 24.1 Å². The Morgan fingerprint density at radius 1 is 1.17 bits per heavy atom. The molecule has 0 bridgehead atoms. The lowest BCUT2D eigenvalue weighted by molar-refractivity contribution is -0.149. The first-order valence-corrected chi connectivity index (χ1v) is 6.46. The van der Waals surface area contributed by atoms with E-state index in [9.17, 15) is 30.7 Å². The van der Waals surface area contributed by atoms with Gasteiger partial charge in [0.25, 0.3) is 0 Å². The summed E-state index contributed by atoms with van der Waals surface area (Å²) in [7, 11) is 0. The summed E-state index contributed by atoms with van der Waals surface area (Å²) in [6.45, 7) is 1.02. The van der Waals surface area contributed by atoms with Gasteiger partial charge in [0.05, 0.1) is 6.54 Å². The number of alkyl halides is 7. The molecule has 0 amide bonds. The Bertz CT molecular complexity index is 736. The molecule has 2 rings (SSSR count). The zero-order valence-electron chi connectivity index (χ0n) is 12.1. The number of benzene rings is 1. The zero-order chi connectivity index (χ0) is 18.3. The number of nitrogens with zero attached hydrogens (tertiary/aromatic N) is 3. The Morgan fingerprint density at radius 2 is 1.79 bits per heavy atom. The number of hydrogen-bond donors (Lipinski definition) is 1. The Balaban J connectivity index is 2.48. The van der Waals surface area contributed by atoms with Crippen LogP contribution in [0.3, 0.4) is 0 Å². The van der Waals surface area contributed by atoms with Gasteiger partial charge in [-0.3, -0.25) is 0 Å². The van der Waals surface area contributed by atoms with Crippen LogP contribution in [0.15, 0.2) is 18.2 Å². The summed E-state index contributed by atoms with van der Waals surface area (Å²) in [5, 5.41) is 2.94. The lowest BCUT2D eigenvalue weighted by Crippen LogP contribution is -2.25. The largest absolute Gasteiger partial charge is 0.451 e. The first kappa shape index (κ1) is 18.0. The van der Waals surface area contributed by atoms with E-state index < -0.39 is 36.7 Å². The summed E-state index contributed by atoms with van der Waals surface area (Å²) >= 11 is 0. The van der Waals surface area contributed by atoms with Gasteiger partial charge >= 0.3 is 18.5 Å². The van der Waals surface area contributed by atoms with Gasteiger partial charge < -0.3 is 5.73 Å². The van der Waals surface area contributed by atoms with Crippen molar-refractivity contribution in [3.63, 3.8) is 0 Å². The normalized spacial score (nSPS) is 12.9. The molecule has 2 aromatic rings. The average molecular weight is 356 g/mol. The first-order valence-electron chi connectivity index (χ1n) is 6.46.